The van der Waals surface area contributed by atoms with Crippen molar-refractivity contribution in [1.29, 1.82) is 0 Å². The van der Waals surface area contributed by atoms with Crippen LogP contribution in [-0.2, 0) is 92.5 Å². The molecular formula is C105H134F4N20O17. The van der Waals surface area contributed by atoms with E-state index in [0.29, 0.717) is 90.6 Å². The van der Waals surface area contributed by atoms with Crippen LogP contribution in [0.4, 0.5) is 48.4 Å². The predicted octanol–water partition coefficient (Wildman–Crippen LogP) is 9.27. The number of hydrogen-bond donors (Lipinski definition) is 10. The Morgan fingerprint density at radius 1 is 0.459 bits per heavy atom. The Hall–Kier alpha value is -14.3. The number of aryl methyl sites for hydroxylation is 2. The highest BCUT2D eigenvalue weighted by Gasteiger charge is 2.47. The first kappa shape index (κ1) is 112. The van der Waals surface area contributed by atoms with E-state index in [1.807, 2.05) is 24.3 Å². The number of aliphatic hydroxyl groups is 2. The number of fused-ring (bicyclic) bond motifs is 2. The van der Waals surface area contributed by atoms with E-state index < -0.39 is 179 Å². The maximum atomic E-state index is 16.0. The molecule has 2 unspecified atom stereocenters. The van der Waals surface area contributed by atoms with Gasteiger partial charge in [0, 0.05) is 174 Å². The van der Waals surface area contributed by atoms with Gasteiger partial charge in [-0.1, -0.05) is 131 Å². The van der Waals surface area contributed by atoms with Gasteiger partial charge in [-0.3, -0.25) is 49.0 Å². The lowest BCUT2D eigenvalue weighted by Gasteiger charge is -2.42. The van der Waals surface area contributed by atoms with Crippen LogP contribution in [0, 0.1) is 68.6 Å². The van der Waals surface area contributed by atoms with Gasteiger partial charge in [-0.15, -0.1) is 0 Å². The molecule has 0 saturated carbocycles. The highest BCUT2D eigenvalue weighted by Crippen LogP contribution is 2.36. The number of amides is 10. The lowest BCUT2D eigenvalue weighted by molar-refractivity contribution is -0.144. The van der Waals surface area contributed by atoms with Crippen molar-refractivity contribution in [3.05, 3.63) is 202 Å². The number of aromatic nitrogens is 6. The molecule has 41 heteroatoms. The average molecular weight is 2020 g/mol. The van der Waals surface area contributed by atoms with Crippen molar-refractivity contribution in [2.45, 2.75) is 208 Å². The lowest BCUT2D eigenvalue weighted by Crippen LogP contribution is -2.61. The molecular weight excluding hydrogens is 1890 g/mol. The topological polar surface area (TPSA) is 434 Å². The average Bonchev–Trinajstić information content (AvgIpc) is 1.62. The third-order valence-electron chi connectivity index (χ3n) is 25.6. The number of pyridine rings is 2. The van der Waals surface area contributed by atoms with Gasteiger partial charge in [-0.25, -0.2) is 56.7 Å². The molecule has 0 radical (unpaired) electrons. The van der Waals surface area contributed by atoms with Crippen LogP contribution in [0.1, 0.15) is 160 Å². The molecule has 10 amide bonds. The smallest absolute Gasteiger partial charge is 0.407 e. The first-order valence-electron chi connectivity index (χ1n) is 48.2. The van der Waals surface area contributed by atoms with Gasteiger partial charge >= 0.3 is 24.4 Å². The Kier molecular flexibility index (Phi) is 38.0. The molecule has 37 nitrogen and oxygen atoms in total. The lowest BCUT2D eigenvalue weighted by atomic mass is 9.85. The van der Waals surface area contributed by atoms with Gasteiger partial charge in [-0.2, -0.15) is 10.2 Å². The van der Waals surface area contributed by atoms with Crippen LogP contribution in [0.2, 0.25) is 0 Å². The zero-order chi connectivity index (χ0) is 107. The van der Waals surface area contributed by atoms with Crippen molar-refractivity contribution in [2.24, 2.45) is 35.8 Å². The highest BCUT2D eigenvalue weighted by molar-refractivity contribution is 5.89. The van der Waals surface area contributed by atoms with Crippen molar-refractivity contribution < 1.29 is 99.4 Å². The molecule has 4 saturated heterocycles. The number of nitrogens with zero attached hydrogens (tertiary/aromatic N) is 12. The normalized spacial score (nSPS) is 16.9. The van der Waals surface area contributed by atoms with E-state index in [4.69, 9.17) is 28.7 Å². The Labute approximate surface area is 848 Å². The molecule has 8 heterocycles. The molecule has 11 atom stereocenters. The van der Waals surface area contributed by atoms with Crippen LogP contribution in [0.15, 0.2) is 134 Å². The first-order valence-corrected chi connectivity index (χ1v) is 48.2. The second-order valence-corrected chi connectivity index (χ2v) is 41.0. The number of benzene rings is 4. The number of halogens is 4. The minimum Gasteiger partial charge on any atom is -0.453 e. The Balaban J connectivity index is 0.000000279. The van der Waals surface area contributed by atoms with Gasteiger partial charge in [0.2, 0.25) is 17.7 Å². The van der Waals surface area contributed by atoms with Crippen molar-refractivity contribution in [1.82, 2.24) is 92.1 Å². The van der Waals surface area contributed by atoms with E-state index >= 15 is 17.6 Å². The number of ether oxygens (including phenoxy) is 5. The third kappa shape index (κ3) is 30.9. The summed E-state index contributed by atoms with van der Waals surface area (Å²) in [6, 6.07) is 22.7. The molecule has 12 rings (SSSR count). The summed E-state index contributed by atoms with van der Waals surface area (Å²) < 4.78 is 91.9. The summed E-state index contributed by atoms with van der Waals surface area (Å²) in [5, 5.41) is 51.0. The van der Waals surface area contributed by atoms with Gasteiger partial charge in [0.1, 0.15) is 65.2 Å². The molecule has 4 fully saturated rings. The molecule has 784 valence electrons. The summed E-state index contributed by atoms with van der Waals surface area (Å²) in [6.07, 6.45) is 3.28. The zero-order valence-corrected chi connectivity index (χ0v) is 86.0. The van der Waals surface area contributed by atoms with Crippen LogP contribution in [0.3, 0.4) is 0 Å². The predicted molar refractivity (Wildman–Crippen MR) is 535 cm³/mol. The number of carbonyl (C=O) groups is 10. The molecule has 8 aromatic rings. The number of alkyl carbamates (subject to hydrolysis) is 4. The summed E-state index contributed by atoms with van der Waals surface area (Å²) in [5.74, 6) is 7.59. The number of nitrogens with one attached hydrogen (secondary N) is 8. The molecule has 4 aliphatic rings. The third-order valence-corrected chi connectivity index (χ3v) is 25.6. The Bertz CT molecular complexity index is 5990. The van der Waals surface area contributed by atoms with Gasteiger partial charge in [-0.05, 0) is 156 Å². The number of piperazine rings is 2. The monoisotopic (exact) mass is 2020 g/mol. The molecule has 0 spiro atoms. The number of aliphatic hydroxyl groups excluding tert-OH is 2. The standard InChI is InChI=1S/C55H70F2N10O9.C50H64F2N10O8/c1-54(2,3)47(60-52(72)74-8)49(69)59-43(44(68)32-66(63-50(70)48(55(4,5)6)61-53(73)75-9)31-39-40(56)26-36(27-41(39)57)42-22-23-64(7)62-42)25-34-15-12-33(13-16-34)14-17-35-18-21-46(58-28-35)65-29-37-19-20-38(30-65)67(37)51(71)45-11-10-24-76-45;1-31(63)60-21-23-61(24-22-60)42-18-17-34(28-53-42)16-13-32-11-14-33(15-12-32)25-40(54-45(65)43(49(2,3)4)55-47(67)69-9)41(64)30-62(58-46(66)44(50(5,6)7)56-48(68)70-10)29-36-37(51)26-35(27-38(36)52)39-19-20-59(8)57-39/h12-13,15-16,18,21-23,26-28,37-38,43-45,47-48,68H,10-11,19-20,24-25,29-32H2,1-9H3,(H,59,69)(H,60,72)(H,61,73)(H,63,70);11-12,14-15,17-20,26-28,40-41,43-44,64H,21-25,29-30H2,1-10H3,(H,54,65)(H,55,67)(H,56,68)(H,58,66)/t37?,38?,43-,44-,45-,47+,48+;40-,41-,43+,44+/m00/s1. The zero-order valence-electron chi connectivity index (χ0n) is 86.0. The fourth-order valence-electron chi connectivity index (χ4n) is 17.5. The molecule has 2 bridgehead atoms. The van der Waals surface area contributed by atoms with Crippen LogP contribution in [-0.4, -0.2) is 273 Å². The molecule has 4 aliphatic heterocycles. The van der Waals surface area contributed by atoms with Crippen molar-refractivity contribution in [2.75, 3.05) is 97.2 Å². The van der Waals surface area contributed by atoms with Crippen LogP contribution in [0.5, 0.6) is 0 Å². The van der Waals surface area contributed by atoms with E-state index in [1.165, 1.54) is 9.36 Å². The summed E-state index contributed by atoms with van der Waals surface area (Å²) in [7, 11) is 7.93. The van der Waals surface area contributed by atoms with Gasteiger partial charge in [0.05, 0.1) is 64.1 Å². The summed E-state index contributed by atoms with van der Waals surface area (Å²) in [6.45, 7) is 24.5. The fourth-order valence-corrected chi connectivity index (χ4v) is 17.5. The number of methoxy groups -OCH3 is 4. The van der Waals surface area contributed by atoms with E-state index in [1.54, 1.807) is 194 Å². The van der Waals surface area contributed by atoms with Crippen molar-refractivity contribution >= 4 is 71.5 Å². The van der Waals surface area contributed by atoms with Gasteiger partial charge in [0.15, 0.2) is 0 Å². The number of anilines is 2. The maximum absolute atomic E-state index is 16.0. The Morgan fingerprint density at radius 2 is 0.801 bits per heavy atom. The summed E-state index contributed by atoms with van der Waals surface area (Å²) in [5.41, 5.74) is 5.86. The number of hydrazine groups is 2. The van der Waals surface area contributed by atoms with Crippen LogP contribution >= 0.6 is 0 Å². The van der Waals surface area contributed by atoms with Crippen LogP contribution in [0.25, 0.3) is 22.5 Å². The first-order chi connectivity index (χ1) is 68.9. The van der Waals surface area contributed by atoms with E-state index in [9.17, 15) is 58.2 Å². The summed E-state index contributed by atoms with van der Waals surface area (Å²) >= 11 is 0. The second-order valence-electron chi connectivity index (χ2n) is 41.0. The van der Waals surface area contributed by atoms with Crippen molar-refractivity contribution in [3.8, 4) is 46.2 Å². The SMILES string of the molecule is COC(=O)N[C@H](C(=O)N[C@@H](Cc1ccc(C#Cc2ccc(N3CC4CCC(C3)N4C(=O)[C@@H]3CCCO3)nc2)cc1)[C@@H](O)CN(Cc1c(F)cc(-c2ccn(C)n2)cc1F)NC(=O)[C@@H](NC(=O)OC)C(C)(C)C)C(C)(C)C.COC(=O)N[C@H](C(=O)N[C@@H](Cc1ccc(C#Cc2ccc(N3CCN(C(C)=O)CC3)nc2)cc1)[C@@H](O)CN(Cc1c(F)cc(-c2ccn(C)n2)cc1F)NC(=O)[C@@H](NC(=O)OC)C(C)(C)C)C(C)(C)C. The van der Waals surface area contributed by atoms with E-state index in [2.05, 4.69) is 96.3 Å². The number of hydrogen-bond acceptors (Lipinski definition) is 25. The number of rotatable bonds is 31. The fraction of sp³-hybridized carbons (Fsp3) is 0.486. The maximum Gasteiger partial charge on any atom is 0.407 e. The van der Waals surface area contributed by atoms with Crippen molar-refractivity contribution in [3.63, 3.8) is 0 Å². The minimum atomic E-state index is -1.56. The van der Waals surface area contributed by atoms with E-state index in [0.717, 1.165) is 100 Å². The molecule has 146 heavy (non-hydrogen) atoms. The second kappa shape index (κ2) is 49.6. The number of carbonyl (C=O) groups excluding carboxylic acids is 10. The molecule has 10 N–H and O–H groups in total. The van der Waals surface area contributed by atoms with Crippen LogP contribution < -0.4 is 52.6 Å². The van der Waals surface area contributed by atoms with Gasteiger partial charge < -0.3 is 85.4 Å². The Morgan fingerprint density at radius 3 is 1.11 bits per heavy atom. The molecule has 4 aromatic heterocycles. The molecule has 0 aliphatic carbocycles. The quantitative estimate of drug-likeness (QED) is 0.00837. The largest absolute Gasteiger partial charge is 0.453 e. The minimum absolute atomic E-state index is 0.000442. The van der Waals surface area contributed by atoms with E-state index in [-0.39, 0.29) is 54.0 Å². The molecule has 4 aromatic carbocycles. The highest BCUT2D eigenvalue weighted by atomic mass is 19.1. The summed E-state index contributed by atoms with van der Waals surface area (Å²) in [4.78, 5) is 149. The van der Waals surface area contributed by atoms with Gasteiger partial charge in [0.25, 0.3) is 17.7 Å².